The third kappa shape index (κ3) is 4.35. The Hall–Kier alpha value is -2.97. The van der Waals surface area contributed by atoms with Gasteiger partial charge in [-0.2, -0.15) is 4.98 Å². The molecular weight excluding hydrogens is 350 g/mol. The first-order chi connectivity index (χ1) is 12.5. The van der Waals surface area contributed by atoms with E-state index in [1.807, 2.05) is 31.2 Å². The molecule has 0 unspecified atom stereocenters. The average Bonchev–Trinajstić information content (AvgIpc) is 2.62. The number of aromatic nitrogens is 2. The summed E-state index contributed by atoms with van der Waals surface area (Å²) in [6, 6.07) is 16.1. The van der Waals surface area contributed by atoms with Crippen molar-refractivity contribution in [3.05, 3.63) is 66.4 Å². The van der Waals surface area contributed by atoms with Crippen LogP contribution in [0.4, 0.5) is 23.1 Å². The zero-order valence-electron chi connectivity index (χ0n) is 14.4. The van der Waals surface area contributed by atoms with Crippen molar-refractivity contribution in [2.75, 3.05) is 17.7 Å². The molecule has 0 aliphatic heterocycles. The second kappa shape index (κ2) is 7.51. The van der Waals surface area contributed by atoms with Crippen LogP contribution in [0.2, 0.25) is 0 Å². The molecule has 0 atom stereocenters. The zero-order chi connectivity index (χ0) is 18.6. The summed E-state index contributed by atoms with van der Waals surface area (Å²) in [5, 5.41) is 6.24. The van der Waals surface area contributed by atoms with Gasteiger partial charge in [0.05, 0.1) is 4.90 Å². The van der Waals surface area contributed by atoms with Crippen molar-refractivity contribution in [3.8, 4) is 0 Å². The summed E-state index contributed by atoms with van der Waals surface area (Å²) >= 11 is 0. The number of nitrogens with zero attached hydrogens (tertiary/aromatic N) is 2. The zero-order valence-corrected chi connectivity index (χ0v) is 15.2. The molecule has 0 aliphatic carbocycles. The van der Waals surface area contributed by atoms with Crippen LogP contribution < -0.4 is 15.4 Å². The van der Waals surface area contributed by atoms with Gasteiger partial charge in [0.15, 0.2) is 0 Å². The van der Waals surface area contributed by atoms with E-state index in [1.54, 1.807) is 30.5 Å². The van der Waals surface area contributed by atoms with E-state index < -0.39 is 10.0 Å². The molecule has 0 aliphatic rings. The Morgan fingerprint density at radius 3 is 2.38 bits per heavy atom. The minimum atomic E-state index is -3.50. The maximum atomic E-state index is 11.9. The number of rotatable bonds is 6. The van der Waals surface area contributed by atoms with Gasteiger partial charge < -0.3 is 10.6 Å². The Morgan fingerprint density at radius 1 is 0.923 bits per heavy atom. The standard InChI is InChI=1S/C18H19N5O2S/c1-13-5-3-6-14(11-13)22-18-20-10-9-17(23-18)21-15-7-4-8-16(12-15)26(24,25)19-2/h3-12,19H,1-2H3,(H2,20,21,22,23). The average molecular weight is 369 g/mol. The number of hydrogen-bond acceptors (Lipinski definition) is 6. The lowest BCUT2D eigenvalue weighted by molar-refractivity contribution is 0.588. The lowest BCUT2D eigenvalue weighted by atomic mass is 10.2. The first-order valence-corrected chi connectivity index (χ1v) is 9.42. The highest BCUT2D eigenvalue weighted by Crippen LogP contribution is 2.20. The van der Waals surface area contributed by atoms with Crippen LogP contribution in [0.25, 0.3) is 0 Å². The molecule has 3 aromatic rings. The third-order valence-electron chi connectivity index (χ3n) is 3.62. The Balaban J connectivity index is 1.80. The van der Waals surface area contributed by atoms with Crippen LogP contribution in [0.15, 0.2) is 65.7 Å². The molecule has 0 radical (unpaired) electrons. The fourth-order valence-electron chi connectivity index (χ4n) is 2.35. The Labute approximate surface area is 152 Å². The van der Waals surface area contributed by atoms with Gasteiger partial charge >= 0.3 is 0 Å². The van der Waals surface area contributed by atoms with Gasteiger partial charge in [-0.15, -0.1) is 0 Å². The van der Waals surface area contributed by atoms with Gasteiger partial charge in [0, 0.05) is 17.6 Å². The number of hydrogen-bond donors (Lipinski definition) is 3. The van der Waals surface area contributed by atoms with Crippen LogP contribution in [0, 0.1) is 6.92 Å². The molecule has 0 bridgehead atoms. The molecule has 3 rings (SSSR count). The molecule has 8 heteroatoms. The normalized spacial score (nSPS) is 11.2. The summed E-state index contributed by atoms with van der Waals surface area (Å²) in [7, 11) is -2.12. The first-order valence-electron chi connectivity index (χ1n) is 7.94. The van der Waals surface area contributed by atoms with E-state index >= 15 is 0 Å². The van der Waals surface area contributed by atoms with E-state index in [1.165, 1.54) is 13.1 Å². The fourth-order valence-corrected chi connectivity index (χ4v) is 3.12. The second-order valence-corrected chi connectivity index (χ2v) is 7.51. The summed E-state index contributed by atoms with van der Waals surface area (Å²) in [6.07, 6.45) is 1.63. The van der Waals surface area contributed by atoms with Crippen molar-refractivity contribution in [2.45, 2.75) is 11.8 Å². The van der Waals surface area contributed by atoms with Gasteiger partial charge in [-0.3, -0.25) is 0 Å². The first kappa shape index (κ1) is 17.8. The molecule has 1 heterocycles. The minimum absolute atomic E-state index is 0.178. The summed E-state index contributed by atoms with van der Waals surface area (Å²) in [4.78, 5) is 8.79. The van der Waals surface area contributed by atoms with Crippen LogP contribution in [0.1, 0.15) is 5.56 Å². The Kier molecular flexibility index (Phi) is 5.15. The third-order valence-corrected chi connectivity index (χ3v) is 5.03. The summed E-state index contributed by atoms with van der Waals surface area (Å²) in [6.45, 7) is 2.01. The molecule has 2 aromatic carbocycles. The number of aryl methyl sites for hydroxylation is 1. The van der Waals surface area contributed by atoms with Crippen molar-refractivity contribution in [3.63, 3.8) is 0 Å². The molecule has 0 spiro atoms. The van der Waals surface area contributed by atoms with Crippen LogP contribution >= 0.6 is 0 Å². The second-order valence-electron chi connectivity index (χ2n) is 5.62. The monoisotopic (exact) mass is 369 g/mol. The molecule has 134 valence electrons. The number of nitrogens with one attached hydrogen (secondary N) is 3. The van der Waals surface area contributed by atoms with Gasteiger partial charge in [0.2, 0.25) is 16.0 Å². The lowest BCUT2D eigenvalue weighted by Gasteiger charge is -2.10. The molecular formula is C18H19N5O2S. The van der Waals surface area contributed by atoms with E-state index in [0.29, 0.717) is 17.5 Å². The number of benzene rings is 2. The molecule has 7 nitrogen and oxygen atoms in total. The van der Waals surface area contributed by atoms with Gasteiger partial charge in [-0.05, 0) is 55.9 Å². The molecule has 0 amide bonds. The smallest absolute Gasteiger partial charge is 0.240 e. The molecule has 1 aromatic heterocycles. The van der Waals surface area contributed by atoms with E-state index in [-0.39, 0.29) is 4.90 Å². The van der Waals surface area contributed by atoms with Crippen molar-refractivity contribution >= 4 is 33.2 Å². The van der Waals surface area contributed by atoms with Crippen LogP contribution in [0.3, 0.4) is 0 Å². The van der Waals surface area contributed by atoms with E-state index in [4.69, 9.17) is 0 Å². The summed E-state index contributed by atoms with van der Waals surface area (Å²) in [5.41, 5.74) is 2.64. The fraction of sp³-hybridized carbons (Fsp3) is 0.111. The SMILES string of the molecule is CNS(=O)(=O)c1cccc(Nc2ccnc(Nc3cccc(C)c3)n2)c1. The van der Waals surface area contributed by atoms with Crippen molar-refractivity contribution in [1.29, 1.82) is 0 Å². The van der Waals surface area contributed by atoms with Gasteiger partial charge in [-0.25, -0.2) is 18.1 Å². The number of sulfonamides is 1. The maximum Gasteiger partial charge on any atom is 0.240 e. The number of anilines is 4. The predicted molar refractivity (Wildman–Crippen MR) is 102 cm³/mol. The topological polar surface area (TPSA) is 96.0 Å². The Morgan fingerprint density at radius 2 is 1.65 bits per heavy atom. The molecule has 0 saturated carbocycles. The highest BCUT2D eigenvalue weighted by Gasteiger charge is 2.11. The van der Waals surface area contributed by atoms with Gasteiger partial charge in [0.25, 0.3) is 0 Å². The van der Waals surface area contributed by atoms with Crippen molar-refractivity contribution in [2.24, 2.45) is 0 Å². The highest BCUT2D eigenvalue weighted by atomic mass is 32.2. The van der Waals surface area contributed by atoms with E-state index in [9.17, 15) is 8.42 Å². The maximum absolute atomic E-state index is 11.9. The van der Waals surface area contributed by atoms with E-state index in [0.717, 1.165) is 11.3 Å². The van der Waals surface area contributed by atoms with Crippen LogP contribution in [-0.4, -0.2) is 25.4 Å². The Bertz CT molecular complexity index is 1020. The largest absolute Gasteiger partial charge is 0.340 e. The molecule has 0 saturated heterocycles. The lowest BCUT2D eigenvalue weighted by Crippen LogP contribution is -2.18. The molecule has 3 N–H and O–H groups in total. The molecule has 26 heavy (non-hydrogen) atoms. The summed E-state index contributed by atoms with van der Waals surface area (Å²) in [5.74, 6) is 0.994. The molecule has 0 fully saturated rings. The highest BCUT2D eigenvalue weighted by molar-refractivity contribution is 7.89. The van der Waals surface area contributed by atoms with Crippen molar-refractivity contribution < 1.29 is 8.42 Å². The van der Waals surface area contributed by atoms with E-state index in [2.05, 4.69) is 25.3 Å². The van der Waals surface area contributed by atoms with Crippen LogP contribution in [-0.2, 0) is 10.0 Å². The van der Waals surface area contributed by atoms with Crippen molar-refractivity contribution in [1.82, 2.24) is 14.7 Å². The van der Waals surface area contributed by atoms with Crippen LogP contribution in [0.5, 0.6) is 0 Å². The minimum Gasteiger partial charge on any atom is -0.340 e. The van der Waals surface area contributed by atoms with Gasteiger partial charge in [-0.1, -0.05) is 18.2 Å². The quantitative estimate of drug-likeness (QED) is 0.618. The predicted octanol–water partition coefficient (Wildman–Crippen LogP) is 3.18. The summed E-state index contributed by atoms with van der Waals surface area (Å²) < 4.78 is 26.1. The van der Waals surface area contributed by atoms with Gasteiger partial charge in [0.1, 0.15) is 5.82 Å².